The van der Waals surface area contributed by atoms with Gasteiger partial charge >= 0.3 is 6.36 Å². The van der Waals surface area contributed by atoms with Gasteiger partial charge in [-0.15, -0.1) is 13.2 Å². The summed E-state index contributed by atoms with van der Waals surface area (Å²) in [6, 6.07) is 10.8. The molecule has 0 aliphatic heterocycles. The summed E-state index contributed by atoms with van der Waals surface area (Å²) in [5.74, 6) is 0.379. The van der Waals surface area contributed by atoms with Crippen LogP contribution in [0, 0.1) is 6.92 Å². The van der Waals surface area contributed by atoms with Gasteiger partial charge in [-0.3, -0.25) is 4.98 Å². The fourth-order valence-corrected chi connectivity index (χ4v) is 2.60. The van der Waals surface area contributed by atoms with E-state index >= 15 is 0 Å². The summed E-state index contributed by atoms with van der Waals surface area (Å²) >= 11 is 0. The molecule has 0 bridgehead atoms. The number of halogens is 3. The van der Waals surface area contributed by atoms with E-state index in [2.05, 4.69) is 30.3 Å². The molecule has 1 atom stereocenters. The number of aromatic nitrogens is 3. The third-order valence-electron chi connectivity index (χ3n) is 4.00. The summed E-state index contributed by atoms with van der Waals surface area (Å²) < 4.78 is 41.2. The smallest absolute Gasteiger partial charge is 0.406 e. The third-order valence-corrected chi connectivity index (χ3v) is 4.00. The highest BCUT2D eigenvalue weighted by Gasteiger charge is 2.31. The first-order valence-electron chi connectivity index (χ1n) is 9.05. The Morgan fingerprint density at radius 3 is 2.53 bits per heavy atom. The monoisotopic (exact) mass is 419 g/mol. The molecule has 1 aromatic carbocycles. The minimum atomic E-state index is -4.75. The van der Waals surface area contributed by atoms with Crippen molar-refractivity contribution < 1.29 is 23.0 Å². The van der Waals surface area contributed by atoms with E-state index in [0.717, 1.165) is 0 Å². The maximum atomic E-state index is 12.4. The minimum absolute atomic E-state index is 0.111. The number of nitrogens with zero attached hydrogens (tertiary/aromatic N) is 3. The van der Waals surface area contributed by atoms with Gasteiger partial charge in [0.25, 0.3) is 0 Å². The number of benzene rings is 1. The van der Waals surface area contributed by atoms with Crippen molar-refractivity contribution in [3.05, 3.63) is 54.2 Å². The van der Waals surface area contributed by atoms with Crippen LogP contribution < -0.4 is 15.4 Å². The SMILES string of the molecule is Cc1cc(OC(F)(F)F)ccc1Nc1cc(-c2ccccn2)nc(N[C@@H](C)CO)n1. The summed E-state index contributed by atoms with van der Waals surface area (Å²) in [6.07, 6.45) is -3.12. The second-order valence-electron chi connectivity index (χ2n) is 6.55. The predicted octanol–water partition coefficient (Wildman–Crippen LogP) is 4.28. The number of anilines is 3. The Morgan fingerprint density at radius 1 is 1.10 bits per heavy atom. The second-order valence-corrected chi connectivity index (χ2v) is 6.55. The van der Waals surface area contributed by atoms with Gasteiger partial charge in [0, 0.05) is 24.0 Å². The van der Waals surface area contributed by atoms with Crippen molar-refractivity contribution in [3.63, 3.8) is 0 Å². The lowest BCUT2D eigenvalue weighted by molar-refractivity contribution is -0.274. The van der Waals surface area contributed by atoms with Gasteiger partial charge in [-0.2, -0.15) is 4.98 Å². The van der Waals surface area contributed by atoms with Crippen LogP contribution in [0.4, 0.5) is 30.6 Å². The molecule has 0 saturated heterocycles. The van der Waals surface area contributed by atoms with Crippen molar-refractivity contribution in [3.8, 4) is 17.1 Å². The highest BCUT2D eigenvalue weighted by Crippen LogP contribution is 2.29. The van der Waals surface area contributed by atoms with Crippen molar-refractivity contribution in [2.75, 3.05) is 17.2 Å². The summed E-state index contributed by atoms with van der Waals surface area (Å²) in [7, 11) is 0. The number of aliphatic hydroxyl groups excluding tert-OH is 1. The molecular weight excluding hydrogens is 399 g/mol. The summed E-state index contributed by atoms with van der Waals surface area (Å²) in [5, 5.41) is 15.4. The number of aliphatic hydroxyl groups is 1. The minimum Gasteiger partial charge on any atom is -0.406 e. The van der Waals surface area contributed by atoms with E-state index in [9.17, 15) is 18.3 Å². The molecule has 0 fully saturated rings. The second kappa shape index (κ2) is 8.95. The van der Waals surface area contributed by atoms with Crippen molar-refractivity contribution in [2.24, 2.45) is 0 Å². The first kappa shape index (κ1) is 21.3. The van der Waals surface area contributed by atoms with Gasteiger partial charge in [0.2, 0.25) is 5.95 Å². The van der Waals surface area contributed by atoms with E-state index in [0.29, 0.717) is 28.5 Å². The fourth-order valence-electron chi connectivity index (χ4n) is 2.60. The molecule has 30 heavy (non-hydrogen) atoms. The van der Waals surface area contributed by atoms with Crippen LogP contribution in [0.25, 0.3) is 11.4 Å². The van der Waals surface area contributed by atoms with Crippen LogP contribution in [-0.2, 0) is 0 Å². The van der Waals surface area contributed by atoms with E-state index in [1.807, 2.05) is 6.07 Å². The fraction of sp³-hybridized carbons (Fsp3) is 0.250. The summed E-state index contributed by atoms with van der Waals surface area (Å²) in [6.45, 7) is 3.31. The maximum absolute atomic E-state index is 12.4. The maximum Gasteiger partial charge on any atom is 0.573 e. The lowest BCUT2D eigenvalue weighted by atomic mass is 10.2. The Kier molecular flexibility index (Phi) is 6.36. The molecule has 2 aromatic heterocycles. The summed E-state index contributed by atoms with van der Waals surface area (Å²) in [4.78, 5) is 13.1. The lowest BCUT2D eigenvalue weighted by Crippen LogP contribution is -2.21. The molecule has 158 valence electrons. The summed E-state index contributed by atoms with van der Waals surface area (Å²) in [5.41, 5.74) is 2.24. The number of alkyl halides is 3. The average molecular weight is 419 g/mol. The molecule has 0 aliphatic carbocycles. The molecule has 0 amide bonds. The Bertz CT molecular complexity index is 999. The molecule has 3 rings (SSSR count). The van der Waals surface area contributed by atoms with Crippen LogP contribution in [0.1, 0.15) is 12.5 Å². The topological polar surface area (TPSA) is 92.2 Å². The largest absolute Gasteiger partial charge is 0.573 e. The normalized spacial score (nSPS) is 12.3. The molecule has 0 aliphatic rings. The Balaban J connectivity index is 1.92. The van der Waals surface area contributed by atoms with Crippen molar-refractivity contribution in [1.82, 2.24) is 15.0 Å². The molecule has 0 saturated carbocycles. The molecule has 3 N–H and O–H groups in total. The molecule has 2 heterocycles. The van der Waals surface area contributed by atoms with Crippen LogP contribution in [0.15, 0.2) is 48.7 Å². The van der Waals surface area contributed by atoms with Gasteiger partial charge in [0.1, 0.15) is 11.6 Å². The van der Waals surface area contributed by atoms with Crippen molar-refractivity contribution in [1.29, 1.82) is 0 Å². The van der Waals surface area contributed by atoms with Crippen molar-refractivity contribution >= 4 is 17.5 Å². The van der Waals surface area contributed by atoms with E-state index in [4.69, 9.17) is 0 Å². The molecule has 7 nitrogen and oxygen atoms in total. The zero-order chi connectivity index (χ0) is 21.7. The number of ether oxygens (including phenoxy) is 1. The van der Waals surface area contributed by atoms with Gasteiger partial charge in [-0.25, -0.2) is 4.98 Å². The third kappa shape index (κ3) is 5.80. The van der Waals surface area contributed by atoms with Gasteiger partial charge < -0.3 is 20.5 Å². The van der Waals surface area contributed by atoms with Gasteiger partial charge in [0.15, 0.2) is 0 Å². The first-order chi connectivity index (χ1) is 14.2. The standard InChI is InChI=1S/C20H20F3N5O2/c1-12-9-14(30-20(21,22)23)6-7-15(12)26-18-10-17(16-5-3-4-8-24-16)27-19(28-18)25-13(2)11-29/h3-10,13,29H,11H2,1-2H3,(H2,25,26,27,28)/t13-/m0/s1. The molecule has 0 spiro atoms. The molecule has 3 aromatic rings. The Morgan fingerprint density at radius 2 is 1.90 bits per heavy atom. The van der Waals surface area contributed by atoms with Gasteiger partial charge in [0.05, 0.1) is 18.0 Å². The number of hydrogen-bond acceptors (Lipinski definition) is 7. The van der Waals surface area contributed by atoms with E-state index in [1.165, 1.54) is 18.2 Å². The van der Waals surface area contributed by atoms with Crippen LogP contribution in [0.3, 0.4) is 0 Å². The number of nitrogens with one attached hydrogen (secondary N) is 2. The molecule has 0 radical (unpaired) electrons. The highest BCUT2D eigenvalue weighted by molar-refractivity contribution is 5.67. The molecule has 10 heteroatoms. The molecular formula is C20H20F3N5O2. The quantitative estimate of drug-likeness (QED) is 0.526. The van der Waals surface area contributed by atoms with Crippen LogP contribution in [0.5, 0.6) is 5.75 Å². The zero-order valence-corrected chi connectivity index (χ0v) is 16.2. The van der Waals surface area contributed by atoms with Crippen LogP contribution >= 0.6 is 0 Å². The first-order valence-corrected chi connectivity index (χ1v) is 9.05. The van der Waals surface area contributed by atoms with E-state index in [1.54, 1.807) is 38.2 Å². The molecule has 0 unspecified atom stereocenters. The lowest BCUT2D eigenvalue weighted by Gasteiger charge is -2.15. The van der Waals surface area contributed by atoms with Gasteiger partial charge in [-0.05, 0) is 49.7 Å². The average Bonchev–Trinajstić information content (AvgIpc) is 2.69. The van der Waals surface area contributed by atoms with E-state index in [-0.39, 0.29) is 24.3 Å². The number of aryl methyl sites for hydroxylation is 1. The Labute approximate surface area is 171 Å². The van der Waals surface area contributed by atoms with E-state index < -0.39 is 6.36 Å². The highest BCUT2D eigenvalue weighted by atomic mass is 19.4. The number of pyridine rings is 1. The number of rotatable bonds is 7. The van der Waals surface area contributed by atoms with Gasteiger partial charge in [-0.1, -0.05) is 6.07 Å². The van der Waals surface area contributed by atoms with Crippen LogP contribution in [0.2, 0.25) is 0 Å². The zero-order valence-electron chi connectivity index (χ0n) is 16.2. The van der Waals surface area contributed by atoms with Crippen LogP contribution in [-0.4, -0.2) is 39.1 Å². The van der Waals surface area contributed by atoms with Crippen molar-refractivity contribution in [2.45, 2.75) is 26.3 Å². The predicted molar refractivity (Wildman–Crippen MR) is 107 cm³/mol. The Hall–Kier alpha value is -3.40. The number of hydrogen-bond donors (Lipinski definition) is 3.